The number of nitrogens with zero attached hydrogens (tertiary/aromatic N) is 1. The molecule has 1 heteroatoms. The highest BCUT2D eigenvalue weighted by molar-refractivity contribution is 5.33. The first-order valence-electron chi connectivity index (χ1n) is 7.84. The van der Waals surface area contributed by atoms with Crippen molar-refractivity contribution in [2.75, 3.05) is 0 Å². The van der Waals surface area contributed by atoms with Crippen LogP contribution >= 0.6 is 0 Å². The fourth-order valence-electron chi connectivity index (χ4n) is 3.92. The molecule has 0 aromatic carbocycles. The van der Waals surface area contributed by atoms with Crippen molar-refractivity contribution in [1.29, 1.82) is 0 Å². The summed E-state index contributed by atoms with van der Waals surface area (Å²) in [4.78, 5) is 4.57. The zero-order valence-electron chi connectivity index (χ0n) is 11.9. The van der Waals surface area contributed by atoms with Crippen LogP contribution < -0.4 is 0 Å². The van der Waals surface area contributed by atoms with Crippen molar-refractivity contribution in [2.45, 2.75) is 52.9 Å². The van der Waals surface area contributed by atoms with Gasteiger partial charge in [-0.05, 0) is 73.0 Å². The second kappa shape index (κ2) is 4.68. The summed E-state index contributed by atoms with van der Waals surface area (Å²) in [7, 11) is 0. The fourth-order valence-corrected chi connectivity index (χ4v) is 3.92. The van der Waals surface area contributed by atoms with Gasteiger partial charge in [-0.3, -0.25) is 4.98 Å². The molecule has 3 atom stereocenters. The summed E-state index contributed by atoms with van der Waals surface area (Å²) >= 11 is 0. The highest BCUT2D eigenvalue weighted by atomic mass is 14.7. The predicted octanol–water partition coefficient (Wildman–Crippen LogP) is 4.04. The molecule has 0 saturated heterocycles. The molecule has 0 bridgehead atoms. The van der Waals surface area contributed by atoms with Crippen LogP contribution in [0.1, 0.15) is 50.4 Å². The van der Waals surface area contributed by atoms with E-state index in [9.17, 15) is 0 Å². The third-order valence-electron chi connectivity index (χ3n) is 5.12. The molecular weight excluding hydrogens is 218 g/mol. The first-order chi connectivity index (χ1) is 8.88. The van der Waals surface area contributed by atoms with E-state index >= 15 is 0 Å². The van der Waals surface area contributed by atoms with Crippen molar-refractivity contribution in [3.63, 3.8) is 0 Å². The summed E-state index contributed by atoms with van der Waals surface area (Å²) < 4.78 is 0. The van der Waals surface area contributed by atoms with E-state index in [1.807, 2.05) is 20.0 Å². The van der Waals surface area contributed by atoms with Crippen molar-refractivity contribution < 1.29 is 0 Å². The molecule has 4 rings (SSSR count). The average Bonchev–Trinajstić information content (AvgIpc) is 3.31. The molecular formula is C17H25N. The highest BCUT2D eigenvalue weighted by Gasteiger charge is 2.66. The summed E-state index contributed by atoms with van der Waals surface area (Å²) in [5.41, 5.74) is 4.58. The van der Waals surface area contributed by atoms with Crippen molar-refractivity contribution in [3.05, 3.63) is 29.1 Å². The Bertz CT molecular complexity index is 415. The van der Waals surface area contributed by atoms with E-state index in [2.05, 4.69) is 18.0 Å². The van der Waals surface area contributed by atoms with Crippen molar-refractivity contribution in [1.82, 2.24) is 4.98 Å². The van der Waals surface area contributed by atoms with Gasteiger partial charge in [-0.2, -0.15) is 0 Å². The molecule has 0 aliphatic heterocycles. The third kappa shape index (κ3) is 1.88. The van der Waals surface area contributed by atoms with E-state index in [-0.39, 0.29) is 0 Å². The second-order valence-electron chi connectivity index (χ2n) is 5.89. The smallest absolute Gasteiger partial charge is 0.0438 e. The lowest BCUT2D eigenvalue weighted by molar-refractivity contribution is 0.339. The lowest BCUT2D eigenvalue weighted by Gasteiger charge is -2.27. The number of aryl methyl sites for hydroxylation is 2. The third-order valence-corrected chi connectivity index (χ3v) is 5.12. The van der Waals surface area contributed by atoms with Crippen LogP contribution in [-0.4, -0.2) is 4.98 Å². The van der Waals surface area contributed by atoms with Gasteiger partial charge >= 0.3 is 0 Å². The standard InChI is InChI=1S/C15H19N.C2H6/c1-2-9-5-6-16-14-4-3-10(7-11(9)14)15-12-8-13(12)15;1-2/h5-6,10,12-13,15H,2-4,7-8H2,1H3;1-2H3. The molecule has 0 N–H and O–H groups in total. The van der Waals surface area contributed by atoms with E-state index in [1.54, 1.807) is 17.5 Å². The van der Waals surface area contributed by atoms with Crippen LogP contribution in [-0.2, 0) is 19.3 Å². The fraction of sp³-hybridized carbons (Fsp3) is 0.706. The molecule has 0 amide bonds. The van der Waals surface area contributed by atoms with Crippen LogP contribution in [0.25, 0.3) is 0 Å². The first kappa shape index (κ1) is 12.2. The maximum Gasteiger partial charge on any atom is 0.0438 e. The summed E-state index contributed by atoms with van der Waals surface area (Å²) in [6, 6.07) is 2.23. The molecule has 1 aromatic heterocycles. The van der Waals surface area contributed by atoms with Crippen LogP contribution in [0.3, 0.4) is 0 Å². The molecule has 18 heavy (non-hydrogen) atoms. The monoisotopic (exact) mass is 243 g/mol. The second-order valence-corrected chi connectivity index (χ2v) is 5.89. The van der Waals surface area contributed by atoms with Gasteiger partial charge in [0.2, 0.25) is 0 Å². The van der Waals surface area contributed by atoms with Gasteiger partial charge in [-0.25, -0.2) is 0 Å². The Morgan fingerprint density at radius 1 is 1.28 bits per heavy atom. The predicted molar refractivity (Wildman–Crippen MR) is 75.6 cm³/mol. The van der Waals surface area contributed by atoms with Crippen molar-refractivity contribution in [3.8, 4) is 0 Å². The number of aromatic nitrogens is 1. The lowest BCUT2D eigenvalue weighted by atomic mass is 9.79. The molecule has 0 radical (unpaired) electrons. The summed E-state index contributed by atoms with van der Waals surface area (Å²) in [5, 5.41) is 0. The minimum Gasteiger partial charge on any atom is -0.261 e. The van der Waals surface area contributed by atoms with Gasteiger partial charge in [-0.15, -0.1) is 0 Å². The van der Waals surface area contributed by atoms with Gasteiger partial charge in [0.25, 0.3) is 0 Å². The Morgan fingerprint density at radius 3 is 2.67 bits per heavy atom. The van der Waals surface area contributed by atoms with Crippen molar-refractivity contribution in [2.24, 2.45) is 23.7 Å². The molecule has 1 heterocycles. The molecule has 2 fully saturated rings. The zero-order chi connectivity index (χ0) is 12.7. The molecule has 3 aliphatic rings. The maximum absolute atomic E-state index is 4.57. The maximum atomic E-state index is 4.57. The highest BCUT2D eigenvalue weighted by Crippen LogP contribution is 2.72. The zero-order valence-corrected chi connectivity index (χ0v) is 11.9. The van der Waals surface area contributed by atoms with Gasteiger partial charge in [-0.1, -0.05) is 20.8 Å². The van der Waals surface area contributed by atoms with Gasteiger partial charge in [0.05, 0.1) is 0 Å². The topological polar surface area (TPSA) is 12.9 Å². The summed E-state index contributed by atoms with van der Waals surface area (Å²) in [6.45, 7) is 6.27. The number of hydrogen-bond donors (Lipinski definition) is 0. The Labute approximate surface area is 111 Å². The molecule has 1 aromatic rings. The SMILES string of the molecule is CC.CCc1ccnc2c1CC(C1C3CC31)CC2. The van der Waals surface area contributed by atoms with Crippen LogP contribution in [0.2, 0.25) is 0 Å². The van der Waals surface area contributed by atoms with Gasteiger partial charge < -0.3 is 0 Å². The van der Waals surface area contributed by atoms with E-state index in [0.29, 0.717) is 0 Å². The number of rotatable bonds is 2. The van der Waals surface area contributed by atoms with E-state index < -0.39 is 0 Å². The van der Waals surface area contributed by atoms with E-state index in [0.717, 1.165) is 23.7 Å². The lowest BCUT2D eigenvalue weighted by Crippen LogP contribution is -2.21. The Hall–Kier alpha value is -0.850. The number of fused-ring (bicyclic) bond motifs is 2. The van der Waals surface area contributed by atoms with Crippen LogP contribution in [0.4, 0.5) is 0 Å². The largest absolute Gasteiger partial charge is 0.261 e. The van der Waals surface area contributed by atoms with Crippen LogP contribution in [0, 0.1) is 23.7 Å². The van der Waals surface area contributed by atoms with E-state index in [4.69, 9.17) is 0 Å². The number of pyridine rings is 1. The molecule has 1 nitrogen and oxygen atoms in total. The summed E-state index contributed by atoms with van der Waals surface area (Å²) in [5.74, 6) is 4.45. The molecule has 2 saturated carbocycles. The van der Waals surface area contributed by atoms with Crippen molar-refractivity contribution >= 4 is 0 Å². The normalized spacial score (nSPS) is 34.8. The first-order valence-corrected chi connectivity index (χ1v) is 7.84. The minimum atomic E-state index is 1.01. The average molecular weight is 243 g/mol. The Balaban J connectivity index is 0.000000478. The van der Waals surface area contributed by atoms with Gasteiger partial charge in [0.1, 0.15) is 0 Å². The molecule has 98 valence electrons. The van der Waals surface area contributed by atoms with Gasteiger partial charge in [0.15, 0.2) is 0 Å². The Kier molecular flexibility index (Phi) is 3.17. The van der Waals surface area contributed by atoms with Gasteiger partial charge in [0, 0.05) is 11.9 Å². The molecule has 0 spiro atoms. The molecule has 3 unspecified atom stereocenters. The van der Waals surface area contributed by atoms with Crippen LogP contribution in [0.5, 0.6) is 0 Å². The minimum absolute atomic E-state index is 1.01. The quantitative estimate of drug-likeness (QED) is 0.764. The molecule has 3 aliphatic carbocycles. The number of hydrogen-bond acceptors (Lipinski definition) is 1. The Morgan fingerprint density at radius 2 is 2.06 bits per heavy atom. The van der Waals surface area contributed by atoms with Crippen LogP contribution in [0.15, 0.2) is 12.3 Å². The van der Waals surface area contributed by atoms with E-state index in [1.165, 1.54) is 31.4 Å². The summed E-state index contributed by atoms with van der Waals surface area (Å²) in [6.07, 6.45) is 8.72.